The Balaban J connectivity index is 1.68. The normalized spacial score (nSPS) is 14.4. The highest BCUT2D eigenvalue weighted by Gasteiger charge is 2.25. The summed E-state index contributed by atoms with van der Waals surface area (Å²) in [6.07, 6.45) is 5.79. The van der Waals surface area contributed by atoms with Crippen LogP contribution in [-0.4, -0.2) is 24.5 Å². The topological polar surface area (TPSA) is 78.9 Å². The summed E-state index contributed by atoms with van der Waals surface area (Å²) in [4.78, 5) is 44.6. The molecule has 0 amide bonds. The molecule has 1 aromatic carbocycles. The summed E-state index contributed by atoms with van der Waals surface area (Å²) in [5, 5.41) is 0. The van der Waals surface area contributed by atoms with Crippen molar-refractivity contribution in [3.8, 4) is 0 Å². The van der Waals surface area contributed by atoms with E-state index in [2.05, 4.69) is 4.98 Å². The number of ketones is 1. The summed E-state index contributed by atoms with van der Waals surface area (Å²) >= 11 is 7.10. The van der Waals surface area contributed by atoms with E-state index in [1.54, 1.807) is 18.5 Å². The van der Waals surface area contributed by atoms with E-state index in [1.807, 2.05) is 34.9 Å². The average molecular weight is 469 g/mol. The van der Waals surface area contributed by atoms with Crippen LogP contribution < -0.4 is 11.2 Å². The molecule has 0 saturated heterocycles. The minimum atomic E-state index is -0.543. The van der Waals surface area contributed by atoms with E-state index in [0.29, 0.717) is 20.4 Å². The Morgan fingerprint density at radius 3 is 2.50 bits per heavy atom. The quantitative estimate of drug-likeness (QED) is 0.399. The van der Waals surface area contributed by atoms with Gasteiger partial charge in [0, 0.05) is 6.04 Å². The van der Waals surface area contributed by atoms with Crippen LogP contribution in [0.15, 0.2) is 58.4 Å². The fraction of sp³-hybridized carbons (Fsp3) is 0.304. The smallest absolute Gasteiger partial charge is 0.322 e. The van der Waals surface area contributed by atoms with Gasteiger partial charge in [0.1, 0.15) is 0 Å². The van der Waals surface area contributed by atoms with Crippen LogP contribution in [0.5, 0.6) is 0 Å². The van der Waals surface area contributed by atoms with Crippen LogP contribution in [0.1, 0.15) is 47.0 Å². The first kappa shape index (κ1) is 20.9. The van der Waals surface area contributed by atoms with Crippen LogP contribution in [0.3, 0.4) is 0 Å². The van der Waals surface area contributed by atoms with Gasteiger partial charge in [0.25, 0.3) is 5.56 Å². The number of imidazole rings is 1. The van der Waals surface area contributed by atoms with Crippen molar-refractivity contribution in [3.63, 3.8) is 0 Å². The number of rotatable bonds is 6. The Hall–Kier alpha value is -2.97. The lowest BCUT2D eigenvalue weighted by molar-refractivity contribution is 0.0972. The zero-order chi connectivity index (χ0) is 22.2. The van der Waals surface area contributed by atoms with E-state index in [0.717, 1.165) is 47.2 Å². The van der Waals surface area contributed by atoms with Crippen LogP contribution in [0, 0.1) is 0 Å². The molecule has 5 rings (SSSR count). The van der Waals surface area contributed by atoms with Crippen LogP contribution in [0.25, 0.3) is 11.2 Å². The van der Waals surface area contributed by atoms with Crippen molar-refractivity contribution >= 4 is 39.9 Å². The number of fused-ring (bicyclic) bond motifs is 1. The molecule has 4 aromatic rings. The number of thiophene rings is 1. The van der Waals surface area contributed by atoms with Crippen molar-refractivity contribution in [3.05, 3.63) is 84.4 Å². The molecule has 1 aliphatic carbocycles. The third-order valence-corrected chi connectivity index (χ3v) is 7.26. The van der Waals surface area contributed by atoms with Crippen molar-refractivity contribution in [2.75, 3.05) is 0 Å². The summed E-state index contributed by atoms with van der Waals surface area (Å²) in [6.45, 7) is -0.0771. The predicted octanol–water partition coefficient (Wildman–Crippen LogP) is 4.12. The van der Waals surface area contributed by atoms with Crippen LogP contribution in [0.2, 0.25) is 4.34 Å². The maximum Gasteiger partial charge on any atom is 0.333 e. The first-order valence-corrected chi connectivity index (χ1v) is 11.7. The van der Waals surface area contributed by atoms with Gasteiger partial charge in [0.05, 0.1) is 28.6 Å². The highest BCUT2D eigenvalue weighted by molar-refractivity contribution is 7.18. The van der Waals surface area contributed by atoms with Gasteiger partial charge in [-0.1, -0.05) is 54.8 Å². The lowest BCUT2D eigenvalue weighted by Gasteiger charge is -2.15. The molecule has 32 heavy (non-hydrogen) atoms. The van der Waals surface area contributed by atoms with E-state index in [4.69, 9.17) is 11.6 Å². The SMILES string of the molecule is O=C(Cn1c(=O)c2c(ncn2C2CCCC2)n(Cc2ccccc2)c1=O)c1ccc(Cl)s1. The summed E-state index contributed by atoms with van der Waals surface area (Å²) in [6, 6.07) is 13.0. The van der Waals surface area contributed by atoms with Gasteiger partial charge in [0.2, 0.25) is 0 Å². The van der Waals surface area contributed by atoms with Gasteiger partial charge in [-0.25, -0.2) is 9.78 Å². The van der Waals surface area contributed by atoms with E-state index < -0.39 is 11.2 Å². The van der Waals surface area contributed by atoms with Gasteiger partial charge in [-0.05, 0) is 30.5 Å². The van der Waals surface area contributed by atoms with Crippen molar-refractivity contribution in [2.24, 2.45) is 0 Å². The number of nitrogens with zero attached hydrogens (tertiary/aromatic N) is 4. The standard InChI is InChI=1S/C23H21ClN4O3S/c24-19-11-10-18(32-19)17(29)13-27-22(30)20-21(25-14-28(20)16-8-4-5-9-16)26(23(27)31)12-15-6-2-1-3-7-15/h1-3,6-7,10-11,14,16H,4-5,8-9,12-13H2. The number of aromatic nitrogens is 4. The first-order chi connectivity index (χ1) is 15.5. The van der Waals surface area contributed by atoms with Gasteiger partial charge in [-0.3, -0.25) is 18.7 Å². The molecule has 1 fully saturated rings. The summed E-state index contributed by atoms with van der Waals surface area (Å²) in [7, 11) is 0. The van der Waals surface area contributed by atoms with Crippen LogP contribution in [0.4, 0.5) is 0 Å². The second-order valence-electron chi connectivity index (χ2n) is 8.03. The highest BCUT2D eigenvalue weighted by atomic mass is 35.5. The molecule has 7 nitrogen and oxygen atoms in total. The molecule has 0 spiro atoms. The molecule has 3 heterocycles. The minimum absolute atomic E-state index is 0.177. The molecule has 164 valence electrons. The monoisotopic (exact) mass is 468 g/mol. The van der Waals surface area contributed by atoms with Gasteiger partial charge in [0.15, 0.2) is 16.9 Å². The molecule has 0 aliphatic heterocycles. The highest BCUT2D eigenvalue weighted by Crippen LogP contribution is 2.31. The molecule has 0 unspecified atom stereocenters. The van der Waals surface area contributed by atoms with E-state index in [9.17, 15) is 14.4 Å². The Bertz CT molecular complexity index is 1410. The molecule has 3 aromatic heterocycles. The summed E-state index contributed by atoms with van der Waals surface area (Å²) in [5.74, 6) is -0.321. The zero-order valence-electron chi connectivity index (χ0n) is 17.2. The van der Waals surface area contributed by atoms with E-state index in [1.165, 1.54) is 4.57 Å². The minimum Gasteiger partial charge on any atom is -0.322 e. The number of benzene rings is 1. The van der Waals surface area contributed by atoms with Crippen molar-refractivity contribution in [1.82, 2.24) is 18.7 Å². The molecule has 0 radical (unpaired) electrons. The van der Waals surface area contributed by atoms with Gasteiger partial charge < -0.3 is 4.57 Å². The van der Waals surface area contributed by atoms with E-state index >= 15 is 0 Å². The van der Waals surface area contributed by atoms with Gasteiger partial charge in [-0.15, -0.1) is 11.3 Å². The summed E-state index contributed by atoms with van der Waals surface area (Å²) in [5.41, 5.74) is 0.629. The second kappa shape index (κ2) is 8.52. The zero-order valence-corrected chi connectivity index (χ0v) is 18.8. The number of hydrogen-bond acceptors (Lipinski definition) is 5. The van der Waals surface area contributed by atoms with Crippen molar-refractivity contribution in [2.45, 2.75) is 44.8 Å². The largest absolute Gasteiger partial charge is 0.333 e. The second-order valence-corrected chi connectivity index (χ2v) is 9.75. The third-order valence-electron chi connectivity index (χ3n) is 5.99. The Morgan fingerprint density at radius 2 is 1.81 bits per heavy atom. The maximum atomic E-state index is 13.5. The Morgan fingerprint density at radius 1 is 1.06 bits per heavy atom. The molecule has 0 bridgehead atoms. The number of carbonyl (C=O) groups is 1. The molecular formula is C23H21ClN4O3S. The lowest BCUT2D eigenvalue weighted by Crippen LogP contribution is -2.42. The molecule has 0 N–H and O–H groups in total. The first-order valence-electron chi connectivity index (χ1n) is 10.6. The van der Waals surface area contributed by atoms with Gasteiger partial charge >= 0.3 is 5.69 Å². The van der Waals surface area contributed by atoms with Crippen LogP contribution in [-0.2, 0) is 13.1 Å². The Labute approximate surface area is 192 Å². The van der Waals surface area contributed by atoms with Crippen LogP contribution >= 0.6 is 22.9 Å². The number of carbonyl (C=O) groups excluding carboxylic acids is 1. The fourth-order valence-corrected chi connectivity index (χ4v) is 5.37. The molecular weight excluding hydrogens is 448 g/mol. The molecule has 0 atom stereocenters. The molecule has 1 aliphatic rings. The molecule has 1 saturated carbocycles. The summed E-state index contributed by atoms with van der Waals surface area (Å²) < 4.78 is 4.91. The third kappa shape index (κ3) is 3.73. The van der Waals surface area contributed by atoms with Crippen molar-refractivity contribution in [1.29, 1.82) is 0 Å². The van der Waals surface area contributed by atoms with E-state index in [-0.39, 0.29) is 24.9 Å². The lowest BCUT2D eigenvalue weighted by atomic mass is 10.2. The maximum absolute atomic E-state index is 13.5. The van der Waals surface area contributed by atoms with Crippen molar-refractivity contribution < 1.29 is 4.79 Å². The predicted molar refractivity (Wildman–Crippen MR) is 125 cm³/mol. The fourth-order valence-electron chi connectivity index (χ4n) is 4.40. The Kier molecular flexibility index (Phi) is 5.57. The van der Waals surface area contributed by atoms with Gasteiger partial charge in [-0.2, -0.15) is 0 Å². The molecule has 9 heteroatoms. The number of Topliss-reactive ketones (excluding diaryl/α,β-unsaturated/α-hetero) is 1. The number of hydrogen-bond donors (Lipinski definition) is 0. The average Bonchev–Trinajstić information content (AvgIpc) is 3.55. The number of halogens is 1.